The van der Waals surface area contributed by atoms with Crippen LogP contribution >= 0.6 is 0 Å². The van der Waals surface area contributed by atoms with Crippen LogP contribution in [-0.2, 0) is 20.2 Å². The number of diazo groups is 1. The summed E-state index contributed by atoms with van der Waals surface area (Å²) in [5.41, 5.74) is 0.0531. The van der Waals surface area contributed by atoms with Gasteiger partial charge in [-0.1, -0.05) is 24.3 Å². The number of rotatable bonds is 4. The van der Waals surface area contributed by atoms with E-state index in [1.165, 1.54) is 49.6 Å². The fourth-order valence-electron chi connectivity index (χ4n) is 2.56. The van der Waals surface area contributed by atoms with E-state index in [0.717, 1.165) is 12.1 Å². The van der Waals surface area contributed by atoms with Gasteiger partial charge < -0.3 is 9.29 Å². The molecule has 32 heavy (non-hydrogen) atoms. The minimum absolute atomic E-state index is 0. The molecule has 0 bridgehead atoms. The molecule has 162 valence electrons. The second kappa shape index (κ2) is 10.8. The van der Waals surface area contributed by atoms with Gasteiger partial charge in [0.15, 0.2) is 4.98 Å². The van der Waals surface area contributed by atoms with Crippen molar-refractivity contribution in [3.8, 4) is 5.75 Å². The Kier molecular flexibility index (Phi) is 9.24. The van der Waals surface area contributed by atoms with Crippen molar-refractivity contribution in [1.29, 1.82) is 5.39 Å². The summed E-state index contributed by atoms with van der Waals surface area (Å²) < 4.78 is 69.2. The van der Waals surface area contributed by atoms with Crippen molar-refractivity contribution >= 4 is 42.4 Å². The average Bonchev–Trinajstić information content (AvgIpc) is 2.71. The van der Waals surface area contributed by atoms with Crippen LogP contribution in [0.25, 0.3) is 15.7 Å². The van der Waals surface area contributed by atoms with E-state index in [1.54, 1.807) is 0 Å². The fourth-order valence-corrected chi connectivity index (χ4v) is 3.96. The maximum absolute atomic E-state index is 11.1. The molecule has 15 heteroatoms. The molecule has 3 aromatic carbocycles. The third-order valence-electron chi connectivity index (χ3n) is 3.87. The van der Waals surface area contributed by atoms with E-state index < -0.39 is 35.0 Å². The van der Waals surface area contributed by atoms with Gasteiger partial charge in [0, 0.05) is 22.9 Å². The third-order valence-corrected chi connectivity index (χ3v) is 5.68. The van der Waals surface area contributed by atoms with Crippen molar-refractivity contribution in [3.05, 3.63) is 69.7 Å². The van der Waals surface area contributed by atoms with Gasteiger partial charge >= 0.3 is 35.2 Å². The molecule has 1 N–H and O–H groups in total. The Labute approximate surface area is 204 Å². The first-order valence-corrected chi connectivity index (χ1v) is 10.9. The van der Waals surface area contributed by atoms with Crippen LogP contribution in [0.1, 0.15) is 0 Å². The van der Waals surface area contributed by atoms with Crippen molar-refractivity contribution in [2.24, 2.45) is 0 Å². The van der Waals surface area contributed by atoms with Crippen molar-refractivity contribution < 1.29 is 65.2 Å². The molecule has 0 saturated heterocycles. The molecule has 0 aliphatic carbocycles. The van der Waals surface area contributed by atoms with Crippen LogP contribution in [0.2, 0.25) is 0 Å². The van der Waals surface area contributed by atoms with Gasteiger partial charge in [-0.3, -0.25) is 14.7 Å². The number of benzene rings is 3. The van der Waals surface area contributed by atoms with E-state index in [4.69, 9.17) is 14.7 Å². The number of methoxy groups -OCH3 is 1. The summed E-state index contributed by atoms with van der Waals surface area (Å²) >= 11 is 0. The zero-order valence-corrected chi connectivity index (χ0v) is 20.2. The first-order chi connectivity index (χ1) is 14.4. The number of hydrogen-bond donors (Lipinski definition) is 1. The van der Waals surface area contributed by atoms with Crippen LogP contribution in [0.3, 0.4) is 0 Å². The number of non-ortho nitro benzene ring substituents is 1. The zero-order valence-electron chi connectivity index (χ0n) is 16.6. The predicted molar refractivity (Wildman–Crippen MR) is 106 cm³/mol. The monoisotopic (exact) mass is 490 g/mol. The molecular weight excluding hydrogens is 477 g/mol. The molecule has 0 aliphatic heterocycles. The van der Waals surface area contributed by atoms with E-state index in [9.17, 15) is 31.5 Å². The SMILES string of the molecule is COc1cc([N+](=O)[O-])ccc1[N+]#N.O=S(=O)([O-])c1cccc2c(S(=O)(=O)O)cccc12.[Na+]. The van der Waals surface area contributed by atoms with Crippen LogP contribution in [-0.4, -0.2) is 38.0 Å². The van der Waals surface area contributed by atoms with Crippen molar-refractivity contribution in [3.63, 3.8) is 0 Å². The minimum Gasteiger partial charge on any atom is -0.744 e. The largest absolute Gasteiger partial charge is 1.00 e. The van der Waals surface area contributed by atoms with E-state index in [1.807, 2.05) is 0 Å². The van der Waals surface area contributed by atoms with Gasteiger partial charge in [0.05, 0.1) is 23.0 Å². The normalized spacial score (nSPS) is 10.8. The number of fused-ring (bicyclic) bond motifs is 1. The number of nitro benzene ring substituents is 1. The van der Waals surface area contributed by atoms with Gasteiger partial charge in [-0.25, -0.2) is 8.42 Å². The second-order valence-corrected chi connectivity index (χ2v) is 8.49. The number of ether oxygens (including phenoxy) is 1. The number of hydrogen-bond acceptors (Lipinski definition) is 9. The molecule has 0 amide bonds. The number of nitro groups is 1. The molecule has 0 fully saturated rings. The molecular formula is C17H13N3NaO9S2+. The third kappa shape index (κ3) is 6.43. The van der Waals surface area contributed by atoms with Crippen molar-refractivity contribution in [2.45, 2.75) is 9.79 Å². The van der Waals surface area contributed by atoms with E-state index in [2.05, 4.69) is 4.98 Å². The maximum atomic E-state index is 11.1. The van der Waals surface area contributed by atoms with Crippen LogP contribution in [0.4, 0.5) is 11.4 Å². The van der Waals surface area contributed by atoms with Crippen molar-refractivity contribution in [2.75, 3.05) is 7.11 Å². The molecule has 0 atom stereocenters. The van der Waals surface area contributed by atoms with E-state index in [-0.39, 0.29) is 57.5 Å². The summed E-state index contributed by atoms with van der Waals surface area (Å²) in [6, 6.07) is 11.0. The van der Waals surface area contributed by atoms with Gasteiger partial charge in [0.1, 0.15) is 15.0 Å². The molecule has 0 unspecified atom stereocenters. The first-order valence-electron chi connectivity index (χ1n) is 8.02. The Balaban J connectivity index is 0.000000327. The summed E-state index contributed by atoms with van der Waals surface area (Å²) in [5, 5.41) is 18.7. The molecule has 0 saturated carbocycles. The fraction of sp³-hybridized carbons (Fsp3) is 0.0588. The summed E-state index contributed by atoms with van der Waals surface area (Å²) in [7, 11) is -7.87. The molecule has 0 aliphatic rings. The summed E-state index contributed by atoms with van der Waals surface area (Å²) in [4.78, 5) is 11.7. The van der Waals surface area contributed by atoms with E-state index >= 15 is 0 Å². The first kappa shape index (κ1) is 27.4. The Morgan fingerprint density at radius 2 is 1.53 bits per heavy atom. The van der Waals surface area contributed by atoms with Gasteiger partial charge in [-0.15, -0.1) is 0 Å². The molecule has 0 heterocycles. The minimum atomic E-state index is -4.72. The Morgan fingerprint density at radius 1 is 1.00 bits per heavy atom. The van der Waals surface area contributed by atoms with Crippen LogP contribution < -0.4 is 34.3 Å². The molecule has 12 nitrogen and oxygen atoms in total. The smallest absolute Gasteiger partial charge is 0.744 e. The second-order valence-electron chi connectivity index (χ2n) is 5.75. The van der Waals surface area contributed by atoms with Crippen LogP contribution in [0, 0.1) is 15.5 Å². The maximum Gasteiger partial charge on any atom is 1.00 e. The van der Waals surface area contributed by atoms with Crippen LogP contribution in [0.5, 0.6) is 5.75 Å². The summed E-state index contributed by atoms with van der Waals surface area (Å²) in [6.45, 7) is 0. The molecule has 0 aromatic heterocycles. The Hall–Kier alpha value is -2.64. The van der Waals surface area contributed by atoms with Crippen LogP contribution in [0.15, 0.2) is 64.4 Å². The van der Waals surface area contributed by atoms with Gasteiger partial charge in [-0.05, 0) is 12.1 Å². The Morgan fingerprint density at radius 3 is 1.97 bits per heavy atom. The van der Waals surface area contributed by atoms with Gasteiger partial charge in [0.2, 0.25) is 11.1 Å². The molecule has 3 rings (SSSR count). The van der Waals surface area contributed by atoms with E-state index in [0.29, 0.717) is 0 Å². The topological polar surface area (TPSA) is 192 Å². The summed E-state index contributed by atoms with van der Waals surface area (Å²) in [6.07, 6.45) is 0. The van der Waals surface area contributed by atoms with Crippen molar-refractivity contribution in [1.82, 2.24) is 0 Å². The van der Waals surface area contributed by atoms with Gasteiger partial charge in [0.25, 0.3) is 15.8 Å². The molecule has 3 aromatic rings. The zero-order chi connectivity index (χ0) is 23.4. The number of nitrogens with zero attached hydrogens (tertiary/aromatic N) is 3. The van der Waals surface area contributed by atoms with Gasteiger partial charge in [-0.2, -0.15) is 8.42 Å². The average molecular weight is 490 g/mol. The Bertz CT molecular complexity index is 1350. The molecule has 0 radical (unpaired) electrons. The predicted octanol–water partition coefficient (Wildman–Crippen LogP) is 0.0826. The summed E-state index contributed by atoms with van der Waals surface area (Å²) in [5.74, 6) is 0.164. The standard InChI is InChI=1S/C10H8O6S2.C7H6N3O3.Na/c11-17(12,13)9-5-1-3-7-8(9)4-2-6-10(7)18(14,15)16;1-13-7-4-5(10(11)12)2-3-6(7)9-8;/h1-6H,(H,11,12,13)(H,14,15,16);2-4H,1H3;/q;2*+1/p-1. The molecule has 0 spiro atoms. The quantitative estimate of drug-likeness (QED) is 0.172.